The van der Waals surface area contributed by atoms with Gasteiger partial charge in [0.1, 0.15) is 0 Å². The van der Waals surface area contributed by atoms with Crippen molar-refractivity contribution in [1.82, 2.24) is 10.2 Å². The minimum atomic E-state index is 0.797. The predicted molar refractivity (Wildman–Crippen MR) is 78.4 cm³/mol. The number of hydrogen-bond acceptors (Lipinski definition) is 4. The van der Waals surface area contributed by atoms with Gasteiger partial charge in [-0.15, -0.1) is 5.10 Å². The summed E-state index contributed by atoms with van der Waals surface area (Å²) in [4.78, 5) is 0. The third-order valence-electron chi connectivity index (χ3n) is 2.97. The molecule has 0 atom stereocenters. The van der Waals surface area contributed by atoms with Gasteiger partial charge in [0.2, 0.25) is 0 Å². The second-order valence-electron chi connectivity index (χ2n) is 4.53. The molecule has 19 heavy (non-hydrogen) atoms. The standard InChI is InChI=1S/C15H21N3O/c1-2-3-10-19-11-6-9-16-15-14-8-5-4-7-13(14)12-17-18-15/h4-5,7-8,12H,2-3,6,9-11H2,1H3,(H,16,18). The molecule has 0 spiro atoms. The van der Waals surface area contributed by atoms with Gasteiger partial charge >= 0.3 is 0 Å². The fourth-order valence-electron chi connectivity index (χ4n) is 1.89. The maximum atomic E-state index is 5.52. The molecule has 1 aromatic heterocycles. The van der Waals surface area contributed by atoms with E-state index in [0.29, 0.717) is 0 Å². The van der Waals surface area contributed by atoms with Gasteiger partial charge in [-0.1, -0.05) is 37.6 Å². The Morgan fingerprint density at radius 3 is 2.89 bits per heavy atom. The van der Waals surface area contributed by atoms with E-state index in [2.05, 4.69) is 28.5 Å². The molecule has 2 rings (SSSR count). The predicted octanol–water partition coefficient (Wildman–Crippen LogP) is 3.25. The summed E-state index contributed by atoms with van der Waals surface area (Å²) in [5.41, 5.74) is 0. The molecule has 1 heterocycles. The van der Waals surface area contributed by atoms with Gasteiger partial charge in [-0.2, -0.15) is 5.10 Å². The number of anilines is 1. The first-order valence-electron chi connectivity index (χ1n) is 6.94. The molecule has 0 unspecified atom stereocenters. The Morgan fingerprint density at radius 2 is 2.00 bits per heavy atom. The van der Waals surface area contributed by atoms with Crippen molar-refractivity contribution in [3.8, 4) is 0 Å². The van der Waals surface area contributed by atoms with Crippen LogP contribution in [0.2, 0.25) is 0 Å². The molecule has 0 aliphatic rings. The number of hydrogen-bond donors (Lipinski definition) is 1. The Kier molecular flexibility index (Phi) is 5.56. The Labute approximate surface area is 114 Å². The van der Waals surface area contributed by atoms with Gasteiger partial charge in [0, 0.05) is 30.5 Å². The highest BCUT2D eigenvalue weighted by atomic mass is 16.5. The highest BCUT2D eigenvalue weighted by Crippen LogP contribution is 2.18. The average Bonchev–Trinajstić information content (AvgIpc) is 2.46. The first kappa shape index (κ1) is 13.7. The molecule has 0 aliphatic heterocycles. The lowest BCUT2D eigenvalue weighted by atomic mass is 10.2. The van der Waals surface area contributed by atoms with Gasteiger partial charge in [-0.3, -0.25) is 0 Å². The number of nitrogens with zero attached hydrogens (tertiary/aromatic N) is 2. The normalized spacial score (nSPS) is 10.8. The van der Waals surface area contributed by atoms with E-state index >= 15 is 0 Å². The minimum Gasteiger partial charge on any atom is -0.381 e. The van der Waals surface area contributed by atoms with E-state index < -0.39 is 0 Å². The van der Waals surface area contributed by atoms with Crippen molar-refractivity contribution < 1.29 is 4.74 Å². The Morgan fingerprint density at radius 1 is 1.16 bits per heavy atom. The summed E-state index contributed by atoms with van der Waals surface area (Å²) >= 11 is 0. The molecular formula is C15H21N3O. The fraction of sp³-hybridized carbons (Fsp3) is 0.467. The number of benzene rings is 1. The molecular weight excluding hydrogens is 238 g/mol. The Bertz CT molecular complexity index is 496. The third kappa shape index (κ3) is 4.17. The van der Waals surface area contributed by atoms with Crippen LogP contribution in [0.4, 0.5) is 5.82 Å². The highest BCUT2D eigenvalue weighted by Gasteiger charge is 2.01. The van der Waals surface area contributed by atoms with E-state index in [1.54, 1.807) is 6.20 Å². The number of aromatic nitrogens is 2. The monoisotopic (exact) mass is 259 g/mol. The zero-order valence-corrected chi connectivity index (χ0v) is 11.4. The van der Waals surface area contributed by atoms with Gasteiger partial charge in [0.05, 0.1) is 6.20 Å². The van der Waals surface area contributed by atoms with Gasteiger partial charge in [-0.25, -0.2) is 0 Å². The SMILES string of the molecule is CCCCOCCCNc1nncc2ccccc12. The summed E-state index contributed by atoms with van der Waals surface area (Å²) in [7, 11) is 0. The van der Waals surface area contributed by atoms with E-state index in [-0.39, 0.29) is 0 Å². The van der Waals surface area contributed by atoms with Crippen molar-refractivity contribution in [2.24, 2.45) is 0 Å². The average molecular weight is 259 g/mol. The fourth-order valence-corrected chi connectivity index (χ4v) is 1.89. The Balaban J connectivity index is 1.78. The van der Waals surface area contributed by atoms with Crippen molar-refractivity contribution in [1.29, 1.82) is 0 Å². The maximum absolute atomic E-state index is 5.52. The van der Waals surface area contributed by atoms with Gasteiger partial charge in [-0.05, 0) is 12.8 Å². The Hall–Kier alpha value is -1.68. The van der Waals surface area contributed by atoms with E-state index in [4.69, 9.17) is 4.74 Å². The van der Waals surface area contributed by atoms with Crippen molar-refractivity contribution in [3.05, 3.63) is 30.5 Å². The van der Waals surface area contributed by atoms with E-state index in [9.17, 15) is 0 Å². The van der Waals surface area contributed by atoms with E-state index in [0.717, 1.165) is 49.2 Å². The number of ether oxygens (including phenoxy) is 1. The first-order chi connectivity index (χ1) is 9.42. The second kappa shape index (κ2) is 7.69. The number of rotatable bonds is 8. The molecule has 0 fully saturated rings. The number of fused-ring (bicyclic) bond motifs is 1. The number of nitrogens with one attached hydrogen (secondary N) is 1. The van der Waals surface area contributed by atoms with Crippen LogP contribution in [-0.2, 0) is 4.74 Å². The number of unbranched alkanes of at least 4 members (excludes halogenated alkanes) is 1. The highest BCUT2D eigenvalue weighted by molar-refractivity contribution is 5.90. The summed E-state index contributed by atoms with van der Waals surface area (Å²) < 4.78 is 5.52. The van der Waals surface area contributed by atoms with Gasteiger partial charge in [0.25, 0.3) is 0 Å². The summed E-state index contributed by atoms with van der Waals surface area (Å²) in [6.07, 6.45) is 5.09. The molecule has 4 heteroatoms. The van der Waals surface area contributed by atoms with Crippen molar-refractivity contribution in [3.63, 3.8) is 0 Å². The van der Waals surface area contributed by atoms with Crippen LogP contribution < -0.4 is 5.32 Å². The summed E-state index contributed by atoms with van der Waals surface area (Å²) in [5.74, 6) is 0.853. The van der Waals surface area contributed by atoms with Crippen LogP contribution >= 0.6 is 0 Å². The van der Waals surface area contributed by atoms with Crippen molar-refractivity contribution >= 4 is 16.6 Å². The first-order valence-corrected chi connectivity index (χ1v) is 6.94. The molecule has 4 nitrogen and oxygen atoms in total. The molecule has 1 aromatic carbocycles. The lowest BCUT2D eigenvalue weighted by Crippen LogP contribution is -2.08. The molecule has 102 valence electrons. The molecule has 0 saturated carbocycles. The maximum Gasteiger partial charge on any atom is 0.156 e. The van der Waals surface area contributed by atoms with Crippen molar-refractivity contribution in [2.45, 2.75) is 26.2 Å². The molecule has 0 saturated heterocycles. The lowest BCUT2D eigenvalue weighted by molar-refractivity contribution is 0.131. The molecule has 0 aliphatic carbocycles. The van der Waals surface area contributed by atoms with Crippen LogP contribution in [0, 0.1) is 0 Å². The van der Waals surface area contributed by atoms with Crippen LogP contribution in [0.25, 0.3) is 10.8 Å². The van der Waals surface area contributed by atoms with Crippen molar-refractivity contribution in [2.75, 3.05) is 25.1 Å². The lowest BCUT2D eigenvalue weighted by Gasteiger charge is -2.08. The summed E-state index contributed by atoms with van der Waals surface area (Å²) in [6, 6.07) is 8.13. The summed E-state index contributed by atoms with van der Waals surface area (Å²) in [5, 5.41) is 13.7. The van der Waals surface area contributed by atoms with Crippen LogP contribution in [-0.4, -0.2) is 30.0 Å². The van der Waals surface area contributed by atoms with E-state index in [1.807, 2.05) is 18.2 Å². The molecule has 2 aromatic rings. The smallest absolute Gasteiger partial charge is 0.156 e. The zero-order chi connectivity index (χ0) is 13.3. The molecule has 0 radical (unpaired) electrons. The van der Waals surface area contributed by atoms with Gasteiger partial charge < -0.3 is 10.1 Å². The quantitative estimate of drug-likeness (QED) is 0.739. The van der Waals surface area contributed by atoms with E-state index in [1.165, 1.54) is 6.42 Å². The van der Waals surface area contributed by atoms with Crippen LogP contribution in [0.1, 0.15) is 26.2 Å². The minimum absolute atomic E-state index is 0.797. The molecule has 0 bridgehead atoms. The van der Waals surface area contributed by atoms with Crippen LogP contribution in [0.3, 0.4) is 0 Å². The van der Waals surface area contributed by atoms with Gasteiger partial charge in [0.15, 0.2) is 5.82 Å². The van der Waals surface area contributed by atoms with Crippen LogP contribution in [0.15, 0.2) is 30.5 Å². The molecule has 0 amide bonds. The topological polar surface area (TPSA) is 47.0 Å². The zero-order valence-electron chi connectivity index (χ0n) is 11.4. The third-order valence-corrected chi connectivity index (χ3v) is 2.97. The summed E-state index contributed by atoms with van der Waals surface area (Å²) in [6.45, 7) is 4.69. The molecule has 1 N–H and O–H groups in total. The largest absolute Gasteiger partial charge is 0.381 e. The van der Waals surface area contributed by atoms with Crippen LogP contribution in [0.5, 0.6) is 0 Å². The second-order valence-corrected chi connectivity index (χ2v) is 4.53.